The summed E-state index contributed by atoms with van der Waals surface area (Å²) in [6, 6.07) is 9.19. The second-order valence-electron chi connectivity index (χ2n) is 4.09. The summed E-state index contributed by atoms with van der Waals surface area (Å²) in [6.07, 6.45) is 7.20. The maximum Gasteiger partial charge on any atom is 0.0480 e. The van der Waals surface area contributed by atoms with Crippen molar-refractivity contribution in [2.45, 2.75) is 50.5 Å². The van der Waals surface area contributed by atoms with Gasteiger partial charge in [0.1, 0.15) is 0 Å². The van der Waals surface area contributed by atoms with E-state index in [0.717, 1.165) is 0 Å². The van der Waals surface area contributed by atoms with Crippen LogP contribution in [0.5, 0.6) is 0 Å². The lowest BCUT2D eigenvalue weighted by Gasteiger charge is -2.19. The Morgan fingerprint density at radius 2 is 2.00 bits per heavy atom. The number of hydrogen-bond acceptors (Lipinski definition) is 2. The van der Waals surface area contributed by atoms with Crippen molar-refractivity contribution >= 4 is 17.4 Å². The normalized spacial score (nSPS) is 12.4. The Bertz CT molecular complexity index is 299. The summed E-state index contributed by atoms with van der Waals surface area (Å²) in [5.74, 6) is 0. The molecule has 1 N–H and O–H groups in total. The number of thioether (sulfide) groups is 1. The van der Waals surface area contributed by atoms with Crippen LogP contribution in [0.25, 0.3) is 0 Å². The maximum atomic E-state index is 3.66. The first kappa shape index (κ1) is 13.4. The Morgan fingerprint density at radius 1 is 1.25 bits per heavy atom. The van der Waals surface area contributed by atoms with Crippen molar-refractivity contribution in [2.24, 2.45) is 0 Å². The van der Waals surface area contributed by atoms with Crippen molar-refractivity contribution in [1.82, 2.24) is 0 Å². The van der Waals surface area contributed by atoms with E-state index in [2.05, 4.69) is 49.7 Å². The van der Waals surface area contributed by atoms with Gasteiger partial charge in [-0.2, -0.15) is 0 Å². The molecule has 1 nitrogen and oxygen atoms in total. The monoisotopic (exact) mass is 237 g/mol. The Kier molecular flexibility index (Phi) is 6.39. The molecule has 1 atom stereocenters. The van der Waals surface area contributed by atoms with Crippen LogP contribution >= 0.6 is 11.8 Å². The number of benzene rings is 1. The molecular weight excluding hydrogens is 214 g/mol. The number of anilines is 1. The van der Waals surface area contributed by atoms with Crippen LogP contribution in [0, 0.1) is 0 Å². The largest absolute Gasteiger partial charge is 0.381 e. The van der Waals surface area contributed by atoms with Gasteiger partial charge in [-0.15, -0.1) is 11.8 Å². The summed E-state index contributed by atoms with van der Waals surface area (Å²) < 4.78 is 0. The van der Waals surface area contributed by atoms with Crippen LogP contribution < -0.4 is 5.32 Å². The first-order valence-corrected chi connectivity index (χ1v) is 7.43. The zero-order chi connectivity index (χ0) is 11.8. The van der Waals surface area contributed by atoms with Gasteiger partial charge in [0, 0.05) is 16.6 Å². The molecule has 16 heavy (non-hydrogen) atoms. The molecule has 0 aliphatic heterocycles. The Hall–Kier alpha value is -0.630. The molecular formula is C14H23NS. The van der Waals surface area contributed by atoms with Gasteiger partial charge < -0.3 is 5.32 Å². The average molecular weight is 237 g/mol. The van der Waals surface area contributed by atoms with Crippen molar-refractivity contribution in [2.75, 3.05) is 11.6 Å². The van der Waals surface area contributed by atoms with E-state index in [1.54, 1.807) is 0 Å². The fourth-order valence-corrected chi connectivity index (χ4v) is 2.37. The molecule has 2 heteroatoms. The summed E-state index contributed by atoms with van der Waals surface area (Å²) in [7, 11) is 0. The van der Waals surface area contributed by atoms with Crippen molar-refractivity contribution in [3.05, 3.63) is 24.3 Å². The van der Waals surface area contributed by atoms with Gasteiger partial charge >= 0.3 is 0 Å². The molecule has 0 amide bonds. The average Bonchev–Trinajstić information content (AvgIpc) is 2.34. The summed E-state index contributed by atoms with van der Waals surface area (Å²) in [5, 5.41) is 3.66. The molecule has 0 radical (unpaired) electrons. The fraction of sp³-hybridized carbons (Fsp3) is 0.571. The molecule has 0 aliphatic rings. The van der Waals surface area contributed by atoms with Crippen LogP contribution in [0.4, 0.5) is 5.69 Å². The smallest absolute Gasteiger partial charge is 0.0480 e. The molecule has 0 heterocycles. The molecule has 1 rings (SSSR count). The minimum Gasteiger partial charge on any atom is -0.381 e. The van der Waals surface area contributed by atoms with Gasteiger partial charge in [-0.25, -0.2) is 0 Å². The van der Waals surface area contributed by atoms with E-state index in [4.69, 9.17) is 0 Å². The predicted octanol–water partition coefficient (Wildman–Crippen LogP) is 4.79. The molecule has 0 fully saturated rings. The molecule has 0 saturated carbocycles. The van der Waals surface area contributed by atoms with Crippen LogP contribution in [0.15, 0.2) is 29.2 Å². The third kappa shape index (κ3) is 4.09. The zero-order valence-corrected chi connectivity index (χ0v) is 11.4. The SMILES string of the molecule is CCCCC(CC)Nc1ccccc1SC. The van der Waals surface area contributed by atoms with Crippen molar-refractivity contribution < 1.29 is 0 Å². The lowest BCUT2D eigenvalue weighted by molar-refractivity contribution is 0.592. The zero-order valence-electron chi connectivity index (χ0n) is 10.6. The number of rotatable bonds is 7. The highest BCUT2D eigenvalue weighted by molar-refractivity contribution is 7.98. The highest BCUT2D eigenvalue weighted by atomic mass is 32.2. The van der Waals surface area contributed by atoms with E-state index in [1.807, 2.05) is 11.8 Å². The summed E-state index contributed by atoms with van der Waals surface area (Å²) >= 11 is 1.81. The van der Waals surface area contributed by atoms with Gasteiger partial charge in [-0.1, -0.05) is 38.8 Å². The molecule has 0 aromatic heterocycles. The summed E-state index contributed by atoms with van der Waals surface area (Å²) in [4.78, 5) is 1.34. The first-order chi connectivity index (χ1) is 7.81. The second-order valence-corrected chi connectivity index (χ2v) is 4.94. The molecule has 0 aliphatic carbocycles. The van der Waals surface area contributed by atoms with Crippen LogP contribution in [-0.4, -0.2) is 12.3 Å². The highest BCUT2D eigenvalue weighted by Crippen LogP contribution is 2.26. The van der Waals surface area contributed by atoms with E-state index >= 15 is 0 Å². The minimum absolute atomic E-state index is 0.619. The van der Waals surface area contributed by atoms with Crippen LogP contribution in [0.1, 0.15) is 39.5 Å². The fourth-order valence-electron chi connectivity index (χ4n) is 1.81. The van der Waals surface area contributed by atoms with Gasteiger partial charge in [0.25, 0.3) is 0 Å². The quantitative estimate of drug-likeness (QED) is 0.684. The number of nitrogens with one attached hydrogen (secondary N) is 1. The molecule has 1 aromatic carbocycles. The molecule has 0 spiro atoms. The Morgan fingerprint density at radius 3 is 2.62 bits per heavy atom. The third-order valence-corrected chi connectivity index (χ3v) is 3.66. The van der Waals surface area contributed by atoms with E-state index < -0.39 is 0 Å². The lowest BCUT2D eigenvalue weighted by Crippen LogP contribution is -2.18. The molecule has 1 unspecified atom stereocenters. The van der Waals surface area contributed by atoms with Crippen LogP contribution in [0.2, 0.25) is 0 Å². The van der Waals surface area contributed by atoms with E-state index in [0.29, 0.717) is 6.04 Å². The highest BCUT2D eigenvalue weighted by Gasteiger charge is 2.07. The number of unbranched alkanes of at least 4 members (excludes halogenated alkanes) is 1. The number of hydrogen-bond donors (Lipinski definition) is 1. The van der Waals surface area contributed by atoms with Gasteiger partial charge in [-0.3, -0.25) is 0 Å². The predicted molar refractivity (Wildman–Crippen MR) is 75.4 cm³/mol. The van der Waals surface area contributed by atoms with Crippen LogP contribution in [0.3, 0.4) is 0 Å². The molecule has 1 aromatic rings. The maximum absolute atomic E-state index is 3.66. The van der Waals surface area contributed by atoms with Gasteiger partial charge in [0.05, 0.1) is 0 Å². The summed E-state index contributed by atoms with van der Waals surface area (Å²) in [5.41, 5.74) is 1.29. The minimum atomic E-state index is 0.619. The molecule has 0 bridgehead atoms. The van der Waals surface area contributed by atoms with Crippen molar-refractivity contribution in [1.29, 1.82) is 0 Å². The van der Waals surface area contributed by atoms with E-state index in [1.165, 1.54) is 36.3 Å². The van der Waals surface area contributed by atoms with E-state index in [-0.39, 0.29) is 0 Å². The van der Waals surface area contributed by atoms with Gasteiger partial charge in [0.15, 0.2) is 0 Å². The number of para-hydroxylation sites is 1. The summed E-state index contributed by atoms with van der Waals surface area (Å²) in [6.45, 7) is 4.51. The Balaban J connectivity index is 2.62. The topological polar surface area (TPSA) is 12.0 Å². The van der Waals surface area contributed by atoms with Crippen molar-refractivity contribution in [3.63, 3.8) is 0 Å². The second kappa shape index (κ2) is 7.61. The third-order valence-electron chi connectivity index (χ3n) is 2.87. The first-order valence-electron chi connectivity index (χ1n) is 6.21. The van der Waals surface area contributed by atoms with E-state index in [9.17, 15) is 0 Å². The van der Waals surface area contributed by atoms with Gasteiger partial charge in [-0.05, 0) is 31.2 Å². The molecule has 90 valence electrons. The lowest BCUT2D eigenvalue weighted by atomic mass is 10.1. The van der Waals surface area contributed by atoms with Crippen molar-refractivity contribution in [3.8, 4) is 0 Å². The molecule has 0 saturated heterocycles. The Labute approximate surface area is 104 Å². The van der Waals surface area contributed by atoms with Crippen LogP contribution in [-0.2, 0) is 0 Å². The standard InChI is InChI=1S/C14H23NS/c1-4-6-9-12(5-2)15-13-10-7-8-11-14(13)16-3/h7-8,10-12,15H,4-6,9H2,1-3H3. The van der Waals surface area contributed by atoms with Gasteiger partial charge in [0.2, 0.25) is 0 Å².